The van der Waals surface area contributed by atoms with E-state index in [1.165, 1.54) is 24.3 Å². The number of hydrogen-bond acceptors (Lipinski definition) is 3. The van der Waals surface area contributed by atoms with Crippen LogP contribution in [0.25, 0.3) is 0 Å². The highest BCUT2D eigenvalue weighted by Crippen LogP contribution is 2.36. The Bertz CT molecular complexity index is 612. The van der Waals surface area contributed by atoms with E-state index in [1.54, 1.807) is 6.07 Å². The lowest BCUT2D eigenvalue weighted by Crippen LogP contribution is -2.26. The second-order valence-corrected chi connectivity index (χ2v) is 4.20. The lowest BCUT2D eigenvalue weighted by Gasteiger charge is -2.22. The summed E-state index contributed by atoms with van der Waals surface area (Å²) in [4.78, 5) is 9.86. The topological polar surface area (TPSA) is 52.4 Å². The second kappa shape index (κ2) is 5.82. The molecule has 0 bridgehead atoms. The molecule has 2 aromatic rings. The Kier molecular flexibility index (Phi) is 4.11. The van der Waals surface area contributed by atoms with Crippen LogP contribution in [0.4, 0.5) is 18.9 Å². The van der Waals surface area contributed by atoms with Gasteiger partial charge in [0.1, 0.15) is 5.75 Å². The van der Waals surface area contributed by atoms with Gasteiger partial charge in [-0.1, -0.05) is 30.3 Å². The molecule has 0 amide bonds. The van der Waals surface area contributed by atoms with E-state index in [9.17, 15) is 23.3 Å². The van der Waals surface area contributed by atoms with E-state index >= 15 is 0 Å². The first-order valence-corrected chi connectivity index (χ1v) is 5.90. The molecule has 0 N–H and O–H groups in total. The third kappa shape index (κ3) is 3.71. The van der Waals surface area contributed by atoms with E-state index in [1.807, 2.05) is 0 Å². The van der Waals surface area contributed by atoms with Gasteiger partial charge in [0.05, 0.1) is 4.92 Å². The molecule has 1 atom stereocenters. The monoisotopic (exact) mass is 297 g/mol. The Hall–Kier alpha value is -2.57. The summed E-state index contributed by atoms with van der Waals surface area (Å²) in [6.07, 6.45) is -6.72. The van der Waals surface area contributed by atoms with Gasteiger partial charge >= 0.3 is 6.18 Å². The minimum Gasteiger partial charge on any atom is -0.476 e. The standard InChI is InChI=1S/C14H10F3NO3/c15-14(16,17)13(10-4-2-1-3-5-10)21-12-8-6-11(7-9-12)18(19)20/h1-9,13H. The molecule has 0 saturated carbocycles. The quantitative estimate of drug-likeness (QED) is 0.625. The molecule has 1 unspecified atom stereocenters. The van der Waals surface area contributed by atoms with E-state index in [-0.39, 0.29) is 17.0 Å². The molecule has 0 aliphatic heterocycles. The minimum atomic E-state index is -4.59. The van der Waals surface area contributed by atoms with Gasteiger partial charge in [0.2, 0.25) is 6.10 Å². The minimum absolute atomic E-state index is 0.0386. The molecule has 7 heteroatoms. The number of hydrogen-bond donors (Lipinski definition) is 0. The van der Waals surface area contributed by atoms with Crippen molar-refractivity contribution in [1.29, 1.82) is 0 Å². The van der Waals surface area contributed by atoms with Crippen molar-refractivity contribution in [3.63, 3.8) is 0 Å². The molecule has 0 aliphatic rings. The maximum atomic E-state index is 13.1. The summed E-state index contributed by atoms with van der Waals surface area (Å²) in [7, 11) is 0. The number of nitro benzene ring substituents is 1. The highest BCUT2D eigenvalue weighted by molar-refractivity contribution is 5.36. The third-order valence-electron chi connectivity index (χ3n) is 2.70. The van der Waals surface area contributed by atoms with Gasteiger partial charge in [-0.2, -0.15) is 13.2 Å². The van der Waals surface area contributed by atoms with Gasteiger partial charge in [0.25, 0.3) is 5.69 Å². The fourth-order valence-corrected chi connectivity index (χ4v) is 1.73. The third-order valence-corrected chi connectivity index (χ3v) is 2.70. The van der Waals surface area contributed by atoms with E-state index in [4.69, 9.17) is 4.74 Å². The van der Waals surface area contributed by atoms with Gasteiger partial charge in [-0.15, -0.1) is 0 Å². The van der Waals surface area contributed by atoms with Gasteiger partial charge < -0.3 is 4.74 Å². The molecule has 110 valence electrons. The molecule has 0 aliphatic carbocycles. The lowest BCUT2D eigenvalue weighted by atomic mass is 10.1. The van der Waals surface area contributed by atoms with Gasteiger partial charge in [-0.3, -0.25) is 10.1 Å². The maximum absolute atomic E-state index is 13.1. The fraction of sp³-hybridized carbons (Fsp3) is 0.143. The highest BCUT2D eigenvalue weighted by atomic mass is 19.4. The molecule has 4 nitrogen and oxygen atoms in total. The van der Waals surface area contributed by atoms with Gasteiger partial charge in [-0.05, 0) is 12.1 Å². The molecular formula is C14H10F3NO3. The molecule has 2 rings (SSSR count). The number of nitrogens with zero attached hydrogens (tertiary/aromatic N) is 1. The van der Waals surface area contributed by atoms with Crippen LogP contribution in [0.2, 0.25) is 0 Å². The smallest absolute Gasteiger partial charge is 0.429 e. The van der Waals surface area contributed by atoms with Crippen molar-refractivity contribution < 1.29 is 22.8 Å². The predicted molar refractivity (Wildman–Crippen MR) is 69.0 cm³/mol. The van der Waals surface area contributed by atoms with Crippen LogP contribution in [-0.2, 0) is 0 Å². The Morgan fingerprint density at radius 1 is 1.00 bits per heavy atom. The summed E-state index contributed by atoms with van der Waals surface area (Å²) in [6, 6.07) is 11.6. The Labute approximate surface area is 117 Å². The van der Waals surface area contributed by atoms with Crippen molar-refractivity contribution in [3.8, 4) is 5.75 Å². The maximum Gasteiger partial charge on any atom is 0.429 e. The van der Waals surface area contributed by atoms with Crippen molar-refractivity contribution in [1.82, 2.24) is 0 Å². The fourth-order valence-electron chi connectivity index (χ4n) is 1.73. The Morgan fingerprint density at radius 3 is 2.05 bits per heavy atom. The molecule has 0 radical (unpaired) electrons. The number of rotatable bonds is 4. The van der Waals surface area contributed by atoms with Crippen molar-refractivity contribution >= 4 is 5.69 Å². The summed E-state index contributed by atoms with van der Waals surface area (Å²) in [5.74, 6) is -0.0909. The molecular weight excluding hydrogens is 287 g/mol. The molecule has 0 spiro atoms. The predicted octanol–water partition coefficient (Wildman–Crippen LogP) is 4.28. The van der Waals surface area contributed by atoms with Crippen molar-refractivity contribution in [3.05, 3.63) is 70.3 Å². The molecule has 0 saturated heterocycles. The highest BCUT2D eigenvalue weighted by Gasteiger charge is 2.43. The number of non-ortho nitro benzene ring substituents is 1. The van der Waals surface area contributed by atoms with Crippen LogP contribution >= 0.6 is 0 Å². The lowest BCUT2D eigenvalue weighted by molar-refractivity contribution is -0.384. The summed E-state index contributed by atoms with van der Waals surface area (Å²) in [5.41, 5.74) is -0.256. The van der Waals surface area contributed by atoms with Crippen LogP contribution in [0.5, 0.6) is 5.75 Å². The van der Waals surface area contributed by atoms with E-state index < -0.39 is 17.2 Å². The van der Waals surface area contributed by atoms with Crippen LogP contribution in [0.3, 0.4) is 0 Å². The van der Waals surface area contributed by atoms with Gasteiger partial charge in [0, 0.05) is 17.7 Å². The van der Waals surface area contributed by atoms with E-state index in [2.05, 4.69) is 0 Å². The summed E-state index contributed by atoms with van der Waals surface area (Å²) in [5, 5.41) is 10.5. The molecule has 0 heterocycles. The molecule has 2 aromatic carbocycles. The van der Waals surface area contributed by atoms with Crippen LogP contribution in [-0.4, -0.2) is 11.1 Å². The number of ether oxygens (including phenoxy) is 1. The summed E-state index contributed by atoms with van der Waals surface area (Å²) < 4.78 is 44.1. The van der Waals surface area contributed by atoms with E-state index in [0.29, 0.717) is 0 Å². The Balaban J connectivity index is 2.26. The average molecular weight is 297 g/mol. The van der Waals surface area contributed by atoms with Crippen molar-refractivity contribution in [2.75, 3.05) is 0 Å². The Morgan fingerprint density at radius 2 is 1.57 bits per heavy atom. The van der Waals surface area contributed by atoms with Crippen molar-refractivity contribution in [2.24, 2.45) is 0 Å². The number of nitro groups is 1. The second-order valence-electron chi connectivity index (χ2n) is 4.20. The summed E-state index contributed by atoms with van der Waals surface area (Å²) in [6.45, 7) is 0. The summed E-state index contributed by atoms with van der Waals surface area (Å²) >= 11 is 0. The molecule has 0 aromatic heterocycles. The SMILES string of the molecule is O=[N+]([O-])c1ccc(OC(c2ccccc2)C(F)(F)F)cc1. The largest absolute Gasteiger partial charge is 0.476 e. The van der Waals surface area contributed by atoms with Gasteiger partial charge in [-0.25, -0.2) is 0 Å². The zero-order valence-corrected chi connectivity index (χ0v) is 10.6. The van der Waals surface area contributed by atoms with Gasteiger partial charge in [0.15, 0.2) is 0 Å². The molecule has 21 heavy (non-hydrogen) atoms. The van der Waals surface area contributed by atoms with Crippen LogP contribution < -0.4 is 4.74 Å². The normalized spacial score (nSPS) is 12.7. The van der Waals surface area contributed by atoms with Crippen LogP contribution in [0.15, 0.2) is 54.6 Å². The van der Waals surface area contributed by atoms with E-state index in [0.717, 1.165) is 24.3 Å². The first kappa shape index (κ1) is 14.8. The first-order chi connectivity index (χ1) is 9.88. The molecule has 0 fully saturated rings. The number of halogens is 3. The average Bonchev–Trinajstić information content (AvgIpc) is 2.45. The number of alkyl halides is 3. The van der Waals surface area contributed by atoms with Crippen LogP contribution in [0.1, 0.15) is 11.7 Å². The first-order valence-electron chi connectivity index (χ1n) is 5.90. The number of benzene rings is 2. The zero-order valence-electron chi connectivity index (χ0n) is 10.6. The van der Waals surface area contributed by atoms with Crippen molar-refractivity contribution in [2.45, 2.75) is 12.3 Å². The van der Waals surface area contributed by atoms with Crippen LogP contribution in [0, 0.1) is 10.1 Å². The zero-order chi connectivity index (χ0) is 15.5.